The molecule has 3 fully saturated rings. The molecule has 2 atom stereocenters. The van der Waals surface area contributed by atoms with Gasteiger partial charge in [0.1, 0.15) is 0 Å². The van der Waals surface area contributed by atoms with Crippen molar-refractivity contribution < 1.29 is 9.90 Å². The number of carbonyl (C=O) groups is 1. The van der Waals surface area contributed by atoms with Crippen LogP contribution in [0.4, 0.5) is 0 Å². The summed E-state index contributed by atoms with van der Waals surface area (Å²) in [7, 11) is 0. The predicted molar refractivity (Wildman–Crippen MR) is 78.4 cm³/mol. The van der Waals surface area contributed by atoms with Crippen molar-refractivity contribution in [3.8, 4) is 0 Å². The van der Waals surface area contributed by atoms with Crippen molar-refractivity contribution in [2.24, 2.45) is 23.2 Å². The van der Waals surface area contributed by atoms with E-state index in [0.29, 0.717) is 17.3 Å². The molecule has 0 radical (unpaired) electrons. The Labute approximate surface area is 121 Å². The van der Waals surface area contributed by atoms with Crippen LogP contribution in [0.3, 0.4) is 0 Å². The second kappa shape index (κ2) is 4.61. The fourth-order valence-electron chi connectivity index (χ4n) is 6.25. The topological polar surface area (TPSA) is 37.3 Å². The van der Waals surface area contributed by atoms with Crippen LogP contribution in [0.2, 0.25) is 0 Å². The van der Waals surface area contributed by atoms with Crippen molar-refractivity contribution >= 4 is 5.97 Å². The molecule has 1 N–H and O–H groups in total. The van der Waals surface area contributed by atoms with Gasteiger partial charge in [-0.05, 0) is 73.7 Å². The third-order valence-corrected chi connectivity index (χ3v) is 6.91. The van der Waals surface area contributed by atoms with Gasteiger partial charge in [0.05, 0.1) is 0 Å². The van der Waals surface area contributed by atoms with E-state index in [4.69, 9.17) is 0 Å². The van der Waals surface area contributed by atoms with Crippen molar-refractivity contribution in [1.29, 1.82) is 0 Å². The van der Waals surface area contributed by atoms with E-state index >= 15 is 0 Å². The van der Waals surface area contributed by atoms with E-state index < -0.39 is 5.97 Å². The van der Waals surface area contributed by atoms with Gasteiger partial charge in [0.25, 0.3) is 0 Å². The first kappa shape index (κ1) is 12.9. The molecule has 4 aliphatic rings. The van der Waals surface area contributed by atoms with E-state index in [-0.39, 0.29) is 0 Å². The molecule has 2 heteroatoms. The quantitative estimate of drug-likeness (QED) is 0.820. The van der Waals surface area contributed by atoms with Crippen LogP contribution < -0.4 is 0 Å². The molecule has 0 saturated heterocycles. The summed E-state index contributed by atoms with van der Waals surface area (Å²) in [5, 5.41) is 9.77. The fourth-order valence-corrected chi connectivity index (χ4v) is 6.25. The number of carboxylic acids is 1. The molecule has 2 unspecified atom stereocenters. The SMILES string of the molecule is O=C(O)C1=C(C2CCCC2)C2(C3CCCC3)CCC1C2. The highest BCUT2D eigenvalue weighted by atomic mass is 16.4. The van der Waals surface area contributed by atoms with E-state index in [1.54, 1.807) is 0 Å². The molecule has 0 aromatic carbocycles. The van der Waals surface area contributed by atoms with Gasteiger partial charge in [-0.2, -0.15) is 0 Å². The summed E-state index contributed by atoms with van der Waals surface area (Å²) in [5.41, 5.74) is 2.67. The number of hydrogen-bond acceptors (Lipinski definition) is 1. The molecule has 0 aromatic heterocycles. The molecular weight excluding hydrogens is 248 g/mol. The number of carboxylic acid groups (broad SMARTS) is 1. The fraction of sp³-hybridized carbons (Fsp3) is 0.833. The third kappa shape index (κ3) is 1.66. The van der Waals surface area contributed by atoms with Crippen LogP contribution in [-0.2, 0) is 4.79 Å². The molecule has 4 rings (SSSR count). The summed E-state index contributed by atoms with van der Waals surface area (Å²) in [6.07, 6.45) is 14.2. The zero-order valence-electron chi connectivity index (χ0n) is 12.4. The van der Waals surface area contributed by atoms with Gasteiger partial charge < -0.3 is 5.11 Å². The van der Waals surface area contributed by atoms with Crippen molar-refractivity contribution in [2.45, 2.75) is 70.6 Å². The summed E-state index contributed by atoms with van der Waals surface area (Å²) in [6.45, 7) is 0. The lowest BCUT2D eigenvalue weighted by Crippen LogP contribution is -2.31. The largest absolute Gasteiger partial charge is 0.478 e. The van der Waals surface area contributed by atoms with Crippen LogP contribution in [0.5, 0.6) is 0 Å². The number of hydrogen-bond donors (Lipinski definition) is 1. The Hall–Kier alpha value is -0.790. The van der Waals surface area contributed by atoms with E-state index in [1.165, 1.54) is 69.8 Å². The van der Waals surface area contributed by atoms with Crippen LogP contribution in [-0.4, -0.2) is 11.1 Å². The Bertz CT molecular complexity index is 452. The highest BCUT2D eigenvalue weighted by Crippen LogP contribution is 2.66. The molecule has 20 heavy (non-hydrogen) atoms. The van der Waals surface area contributed by atoms with Gasteiger partial charge in [-0.1, -0.05) is 25.7 Å². The average molecular weight is 274 g/mol. The lowest BCUT2D eigenvalue weighted by atomic mass is 9.64. The summed E-state index contributed by atoms with van der Waals surface area (Å²) in [6, 6.07) is 0. The van der Waals surface area contributed by atoms with Crippen molar-refractivity contribution in [3.05, 3.63) is 11.1 Å². The van der Waals surface area contributed by atoms with Crippen molar-refractivity contribution in [1.82, 2.24) is 0 Å². The van der Waals surface area contributed by atoms with Gasteiger partial charge in [-0.15, -0.1) is 0 Å². The van der Waals surface area contributed by atoms with Crippen LogP contribution in [0, 0.1) is 23.2 Å². The molecule has 4 aliphatic carbocycles. The maximum Gasteiger partial charge on any atom is 0.331 e. The number of rotatable bonds is 3. The van der Waals surface area contributed by atoms with Crippen LogP contribution >= 0.6 is 0 Å². The minimum atomic E-state index is -0.587. The summed E-state index contributed by atoms with van der Waals surface area (Å²) >= 11 is 0. The first-order valence-electron chi connectivity index (χ1n) is 8.70. The van der Waals surface area contributed by atoms with Crippen molar-refractivity contribution in [3.63, 3.8) is 0 Å². The van der Waals surface area contributed by atoms with Gasteiger partial charge >= 0.3 is 5.97 Å². The smallest absolute Gasteiger partial charge is 0.331 e. The van der Waals surface area contributed by atoms with Crippen LogP contribution in [0.15, 0.2) is 11.1 Å². The number of allylic oxidation sites excluding steroid dienone is 1. The van der Waals surface area contributed by atoms with Gasteiger partial charge in [0.2, 0.25) is 0 Å². The first-order valence-corrected chi connectivity index (χ1v) is 8.70. The van der Waals surface area contributed by atoms with Gasteiger partial charge in [0, 0.05) is 5.57 Å². The van der Waals surface area contributed by atoms with Gasteiger partial charge in [-0.25, -0.2) is 4.79 Å². The normalized spacial score (nSPS) is 38.3. The number of fused-ring (bicyclic) bond motifs is 2. The second-order valence-electron chi connectivity index (χ2n) is 7.69. The van der Waals surface area contributed by atoms with Crippen LogP contribution in [0.25, 0.3) is 0 Å². The average Bonchev–Trinajstić information content (AvgIpc) is 3.19. The Morgan fingerprint density at radius 2 is 1.60 bits per heavy atom. The summed E-state index contributed by atoms with van der Waals surface area (Å²) in [4.78, 5) is 11.9. The van der Waals surface area contributed by atoms with Crippen molar-refractivity contribution in [2.75, 3.05) is 0 Å². The Kier molecular flexibility index (Phi) is 2.98. The Balaban J connectivity index is 1.79. The maximum atomic E-state index is 11.9. The standard InChI is InChI=1S/C18H26O2/c19-17(20)15-13-9-10-18(11-13,14-7-3-4-8-14)16(15)12-5-1-2-6-12/h12-14H,1-11H2,(H,19,20). The molecule has 110 valence electrons. The summed E-state index contributed by atoms with van der Waals surface area (Å²) < 4.78 is 0. The lowest BCUT2D eigenvalue weighted by Gasteiger charge is -2.40. The summed E-state index contributed by atoms with van der Waals surface area (Å²) in [5.74, 6) is 1.23. The molecule has 3 saturated carbocycles. The number of aliphatic carboxylic acids is 1. The van der Waals surface area contributed by atoms with Gasteiger partial charge in [0.15, 0.2) is 0 Å². The molecule has 0 aromatic rings. The minimum absolute atomic E-state index is 0.323. The molecular formula is C18H26O2. The zero-order valence-corrected chi connectivity index (χ0v) is 12.4. The van der Waals surface area contributed by atoms with Gasteiger partial charge in [-0.3, -0.25) is 0 Å². The molecule has 0 spiro atoms. The molecule has 0 amide bonds. The van der Waals surface area contributed by atoms with E-state index in [2.05, 4.69) is 0 Å². The molecule has 2 nitrogen and oxygen atoms in total. The van der Waals surface area contributed by atoms with E-state index in [9.17, 15) is 9.90 Å². The monoisotopic (exact) mass is 274 g/mol. The maximum absolute atomic E-state index is 11.9. The minimum Gasteiger partial charge on any atom is -0.478 e. The third-order valence-electron chi connectivity index (χ3n) is 6.91. The predicted octanol–water partition coefficient (Wildman–Crippen LogP) is 4.55. The highest BCUT2D eigenvalue weighted by molar-refractivity contribution is 5.90. The van der Waals surface area contributed by atoms with E-state index in [1.807, 2.05) is 0 Å². The highest BCUT2D eigenvalue weighted by Gasteiger charge is 2.57. The zero-order chi connectivity index (χ0) is 13.7. The lowest BCUT2D eigenvalue weighted by molar-refractivity contribution is -0.133. The first-order chi connectivity index (χ1) is 9.72. The Morgan fingerprint density at radius 1 is 0.950 bits per heavy atom. The molecule has 0 heterocycles. The van der Waals surface area contributed by atoms with Crippen LogP contribution in [0.1, 0.15) is 70.6 Å². The van der Waals surface area contributed by atoms with E-state index in [0.717, 1.165) is 17.9 Å². The molecule has 2 bridgehead atoms. The molecule has 0 aliphatic heterocycles. The Morgan fingerprint density at radius 3 is 2.25 bits per heavy atom. The second-order valence-corrected chi connectivity index (χ2v) is 7.69.